The number of aromatic nitrogens is 2. The van der Waals surface area contributed by atoms with Gasteiger partial charge in [0, 0.05) is 6.04 Å². The predicted molar refractivity (Wildman–Crippen MR) is 51.4 cm³/mol. The lowest BCUT2D eigenvalue weighted by Gasteiger charge is -2.05. The second kappa shape index (κ2) is 3.18. The maximum absolute atomic E-state index is 5.78. The molecule has 3 nitrogen and oxygen atoms in total. The van der Waals surface area contributed by atoms with Gasteiger partial charge in [-0.2, -0.15) is 0 Å². The highest BCUT2D eigenvalue weighted by atomic mass is 79.9. The fourth-order valence-electron chi connectivity index (χ4n) is 0.870. The monoisotopic (exact) mass is 247 g/mol. The lowest BCUT2D eigenvalue weighted by Crippen LogP contribution is -2.04. The Morgan fingerprint density at radius 1 is 1.50 bits per heavy atom. The maximum Gasteiger partial charge on any atom is 0.148 e. The van der Waals surface area contributed by atoms with E-state index < -0.39 is 0 Å². The lowest BCUT2D eigenvalue weighted by molar-refractivity contribution is 1.07. The smallest absolute Gasteiger partial charge is 0.148 e. The zero-order valence-corrected chi connectivity index (χ0v) is 8.56. The average molecular weight is 249 g/mol. The summed E-state index contributed by atoms with van der Waals surface area (Å²) in [4.78, 5) is 7.90. The number of hydrogen-bond acceptors (Lipinski definition) is 3. The number of hydrogen-bond donors (Lipinski definition) is 1. The van der Waals surface area contributed by atoms with Gasteiger partial charge in [0.2, 0.25) is 0 Å². The van der Waals surface area contributed by atoms with Crippen LogP contribution in [-0.4, -0.2) is 16.0 Å². The third-order valence-corrected chi connectivity index (χ3v) is 2.93. The summed E-state index contributed by atoms with van der Waals surface area (Å²) in [7, 11) is 0. The van der Waals surface area contributed by atoms with Crippen LogP contribution in [0.3, 0.4) is 0 Å². The minimum absolute atomic E-state index is 0.452. The molecular weight excluding hydrogens is 241 g/mol. The van der Waals surface area contributed by atoms with Gasteiger partial charge in [0.15, 0.2) is 0 Å². The van der Waals surface area contributed by atoms with E-state index in [9.17, 15) is 0 Å². The first-order valence-corrected chi connectivity index (χ1v) is 4.87. The van der Waals surface area contributed by atoms with E-state index in [1.165, 1.54) is 19.2 Å². The molecule has 0 radical (unpaired) electrons. The van der Waals surface area contributed by atoms with Crippen molar-refractivity contribution >= 4 is 33.3 Å². The van der Waals surface area contributed by atoms with Gasteiger partial charge in [-0.25, -0.2) is 9.97 Å². The third kappa shape index (κ3) is 1.69. The van der Waals surface area contributed by atoms with Crippen molar-refractivity contribution in [2.45, 2.75) is 18.9 Å². The van der Waals surface area contributed by atoms with Crippen molar-refractivity contribution in [2.75, 3.05) is 5.32 Å². The predicted octanol–water partition coefficient (Wildman–Crippen LogP) is 2.47. The molecule has 12 heavy (non-hydrogen) atoms. The number of halogens is 2. The minimum Gasteiger partial charge on any atom is -0.366 e. The van der Waals surface area contributed by atoms with Crippen molar-refractivity contribution in [1.29, 1.82) is 0 Å². The molecule has 1 N–H and O–H groups in total. The van der Waals surface area contributed by atoms with E-state index in [4.69, 9.17) is 11.6 Å². The Morgan fingerprint density at radius 3 is 2.92 bits per heavy atom. The van der Waals surface area contributed by atoms with Crippen molar-refractivity contribution in [2.24, 2.45) is 0 Å². The van der Waals surface area contributed by atoms with Gasteiger partial charge in [0.05, 0.1) is 4.47 Å². The Balaban J connectivity index is 2.23. The fourth-order valence-corrected chi connectivity index (χ4v) is 1.32. The first kappa shape index (κ1) is 8.26. The number of nitrogens with one attached hydrogen (secondary N) is 1. The van der Waals surface area contributed by atoms with Gasteiger partial charge in [-0.1, -0.05) is 11.6 Å². The largest absolute Gasteiger partial charge is 0.366 e. The van der Waals surface area contributed by atoms with Crippen LogP contribution < -0.4 is 5.32 Å². The van der Waals surface area contributed by atoms with E-state index >= 15 is 0 Å². The summed E-state index contributed by atoms with van der Waals surface area (Å²) in [5.74, 6) is 0.789. The Kier molecular flexibility index (Phi) is 2.19. The van der Waals surface area contributed by atoms with Crippen molar-refractivity contribution < 1.29 is 0 Å². The topological polar surface area (TPSA) is 37.8 Å². The molecule has 5 heteroatoms. The van der Waals surface area contributed by atoms with Crippen LogP contribution in [0.25, 0.3) is 0 Å². The normalized spacial score (nSPS) is 16.2. The molecule has 1 aliphatic carbocycles. The lowest BCUT2D eigenvalue weighted by atomic mass is 10.5. The highest BCUT2D eigenvalue weighted by Gasteiger charge is 2.22. The highest BCUT2D eigenvalue weighted by molar-refractivity contribution is 9.10. The molecule has 64 valence electrons. The van der Waals surface area contributed by atoms with Gasteiger partial charge in [-0.3, -0.25) is 0 Å². The molecule has 0 aromatic carbocycles. The summed E-state index contributed by atoms with van der Waals surface area (Å²) < 4.78 is 0.749. The molecule has 1 aromatic heterocycles. The van der Waals surface area contributed by atoms with E-state index in [2.05, 4.69) is 31.2 Å². The van der Waals surface area contributed by atoms with Crippen LogP contribution in [0.15, 0.2) is 10.8 Å². The van der Waals surface area contributed by atoms with Crippen molar-refractivity contribution in [1.82, 2.24) is 9.97 Å². The summed E-state index contributed by atoms with van der Waals surface area (Å²) in [6.45, 7) is 0. The van der Waals surface area contributed by atoms with Crippen LogP contribution in [0.5, 0.6) is 0 Å². The Bertz CT molecular complexity index is 301. The van der Waals surface area contributed by atoms with Gasteiger partial charge in [-0.15, -0.1) is 0 Å². The summed E-state index contributed by atoms with van der Waals surface area (Å²) in [6, 6.07) is 0.576. The van der Waals surface area contributed by atoms with E-state index in [0.717, 1.165) is 10.3 Å². The van der Waals surface area contributed by atoms with Crippen molar-refractivity contribution in [3.63, 3.8) is 0 Å². The number of rotatable bonds is 2. The zero-order valence-electron chi connectivity index (χ0n) is 6.22. The molecule has 0 atom stereocenters. The van der Waals surface area contributed by atoms with Crippen molar-refractivity contribution in [3.05, 3.63) is 16.0 Å². The van der Waals surface area contributed by atoms with Gasteiger partial charge in [-0.05, 0) is 28.8 Å². The molecule has 0 unspecified atom stereocenters. The summed E-state index contributed by atoms with van der Waals surface area (Å²) in [6.07, 6.45) is 3.89. The van der Waals surface area contributed by atoms with E-state index in [1.807, 2.05) is 0 Å². The quantitative estimate of drug-likeness (QED) is 0.817. The Morgan fingerprint density at radius 2 is 2.25 bits per heavy atom. The van der Waals surface area contributed by atoms with Gasteiger partial charge >= 0.3 is 0 Å². The van der Waals surface area contributed by atoms with Gasteiger partial charge < -0.3 is 5.32 Å². The Labute approximate surface area is 83.7 Å². The molecule has 1 aliphatic rings. The molecule has 1 heterocycles. The molecule has 0 amide bonds. The fraction of sp³-hybridized carbons (Fsp3) is 0.429. The third-order valence-electron chi connectivity index (χ3n) is 1.67. The molecule has 0 spiro atoms. The molecule has 0 saturated heterocycles. The molecule has 2 rings (SSSR count). The zero-order chi connectivity index (χ0) is 8.55. The second-order valence-corrected chi connectivity index (χ2v) is 3.90. The van der Waals surface area contributed by atoms with Crippen LogP contribution in [-0.2, 0) is 0 Å². The first-order chi connectivity index (χ1) is 5.77. The second-order valence-electron chi connectivity index (χ2n) is 2.75. The number of nitrogens with zero attached hydrogens (tertiary/aromatic N) is 2. The molecule has 1 fully saturated rings. The van der Waals surface area contributed by atoms with E-state index in [0.29, 0.717) is 11.2 Å². The molecule has 0 aliphatic heterocycles. The molecule has 1 saturated carbocycles. The minimum atomic E-state index is 0.452. The van der Waals surface area contributed by atoms with Gasteiger partial charge in [0.1, 0.15) is 17.3 Å². The molecular formula is C7H7BrClN3. The number of anilines is 1. The average Bonchev–Trinajstić information content (AvgIpc) is 2.83. The SMILES string of the molecule is Clc1ncnc(NC2CC2)c1Br. The van der Waals surface area contributed by atoms with E-state index in [-0.39, 0.29) is 0 Å². The van der Waals surface area contributed by atoms with Crippen LogP contribution in [0.2, 0.25) is 5.15 Å². The van der Waals surface area contributed by atoms with Crippen LogP contribution in [0, 0.1) is 0 Å². The summed E-state index contributed by atoms with van der Waals surface area (Å²) >= 11 is 9.10. The van der Waals surface area contributed by atoms with Crippen molar-refractivity contribution in [3.8, 4) is 0 Å². The summed E-state index contributed by atoms with van der Waals surface area (Å²) in [5.41, 5.74) is 0. The van der Waals surface area contributed by atoms with Crippen LogP contribution in [0.1, 0.15) is 12.8 Å². The van der Waals surface area contributed by atoms with Gasteiger partial charge in [0.25, 0.3) is 0 Å². The summed E-state index contributed by atoms with van der Waals surface area (Å²) in [5, 5.41) is 3.69. The Hall–Kier alpha value is -0.350. The van der Waals surface area contributed by atoms with Crippen LogP contribution in [0.4, 0.5) is 5.82 Å². The van der Waals surface area contributed by atoms with E-state index in [1.54, 1.807) is 0 Å². The standard InChI is InChI=1S/C7H7BrClN3/c8-5-6(9)10-3-11-7(5)12-4-1-2-4/h3-4H,1-2H2,(H,10,11,12). The molecule has 1 aromatic rings. The highest BCUT2D eigenvalue weighted by Crippen LogP contribution is 2.30. The van der Waals surface area contributed by atoms with Crippen LogP contribution >= 0.6 is 27.5 Å². The maximum atomic E-state index is 5.78. The molecule has 0 bridgehead atoms. The first-order valence-electron chi connectivity index (χ1n) is 3.70.